The van der Waals surface area contributed by atoms with Gasteiger partial charge in [-0.25, -0.2) is 4.39 Å². The van der Waals surface area contributed by atoms with Gasteiger partial charge in [0, 0.05) is 10.0 Å². The lowest BCUT2D eigenvalue weighted by molar-refractivity contribution is 0.0921. The maximum atomic E-state index is 13.0. The molecule has 0 amide bonds. The van der Waals surface area contributed by atoms with Crippen LogP contribution in [0.25, 0.3) is 0 Å². The Balaban J connectivity index is 2.02. The van der Waals surface area contributed by atoms with Gasteiger partial charge in [0.05, 0.1) is 4.47 Å². The van der Waals surface area contributed by atoms with Crippen molar-refractivity contribution >= 4 is 37.6 Å². The number of ether oxygens (including phenoxy) is 1. The van der Waals surface area contributed by atoms with Gasteiger partial charge in [0.15, 0.2) is 12.4 Å². The van der Waals surface area contributed by atoms with Crippen LogP contribution in [-0.4, -0.2) is 12.4 Å². The molecule has 0 fully saturated rings. The second-order valence-electron chi connectivity index (χ2n) is 3.80. The Labute approximate surface area is 126 Å². The van der Waals surface area contributed by atoms with Crippen LogP contribution in [0.5, 0.6) is 5.75 Å². The van der Waals surface area contributed by atoms with Crippen LogP contribution in [0.4, 0.5) is 4.39 Å². The molecular weight excluding hydrogens is 379 g/mol. The van der Waals surface area contributed by atoms with E-state index in [4.69, 9.17) is 4.74 Å². The summed E-state index contributed by atoms with van der Waals surface area (Å²) in [7, 11) is 0. The minimum absolute atomic E-state index is 0.0888. The van der Waals surface area contributed by atoms with Gasteiger partial charge >= 0.3 is 0 Å². The van der Waals surface area contributed by atoms with Crippen LogP contribution in [0.2, 0.25) is 0 Å². The summed E-state index contributed by atoms with van der Waals surface area (Å²) < 4.78 is 19.5. The number of benzene rings is 2. The Bertz CT molecular complexity index is 614. The lowest BCUT2D eigenvalue weighted by Gasteiger charge is -2.06. The molecule has 5 heteroatoms. The van der Waals surface area contributed by atoms with E-state index < -0.39 is 0 Å². The van der Waals surface area contributed by atoms with E-state index in [1.807, 2.05) is 6.07 Å². The van der Waals surface area contributed by atoms with Crippen LogP contribution in [0.1, 0.15) is 10.4 Å². The van der Waals surface area contributed by atoms with Gasteiger partial charge in [-0.3, -0.25) is 4.79 Å². The minimum atomic E-state index is -0.370. The first kappa shape index (κ1) is 14.2. The summed E-state index contributed by atoms with van der Waals surface area (Å²) in [6.45, 7) is -0.0888. The molecule has 2 nitrogen and oxygen atoms in total. The molecule has 0 aliphatic carbocycles. The zero-order chi connectivity index (χ0) is 13.8. The molecule has 0 aliphatic heterocycles. The maximum Gasteiger partial charge on any atom is 0.200 e. The highest BCUT2D eigenvalue weighted by Crippen LogP contribution is 2.22. The first-order valence-electron chi connectivity index (χ1n) is 5.43. The zero-order valence-corrected chi connectivity index (χ0v) is 12.9. The lowest BCUT2D eigenvalue weighted by Crippen LogP contribution is -2.11. The van der Waals surface area contributed by atoms with Crippen LogP contribution in [0, 0.1) is 5.82 Å². The third-order valence-electron chi connectivity index (χ3n) is 2.41. The van der Waals surface area contributed by atoms with E-state index in [0.29, 0.717) is 15.8 Å². The van der Waals surface area contributed by atoms with Gasteiger partial charge in [-0.05, 0) is 46.3 Å². The maximum absolute atomic E-state index is 13.0. The van der Waals surface area contributed by atoms with Crippen molar-refractivity contribution in [2.24, 2.45) is 0 Å². The average molecular weight is 388 g/mol. The van der Waals surface area contributed by atoms with Crippen LogP contribution in [-0.2, 0) is 0 Å². The molecule has 0 bridgehead atoms. The second kappa shape index (κ2) is 6.30. The van der Waals surface area contributed by atoms with Crippen molar-refractivity contribution in [3.63, 3.8) is 0 Å². The van der Waals surface area contributed by atoms with Crippen LogP contribution >= 0.6 is 31.9 Å². The summed E-state index contributed by atoms with van der Waals surface area (Å²) in [5, 5.41) is 0. The fourth-order valence-electron chi connectivity index (χ4n) is 1.46. The molecule has 0 aromatic heterocycles. The molecule has 0 heterocycles. The molecule has 2 aromatic carbocycles. The van der Waals surface area contributed by atoms with Crippen molar-refractivity contribution in [3.8, 4) is 5.75 Å². The third kappa shape index (κ3) is 3.88. The van der Waals surface area contributed by atoms with E-state index in [9.17, 15) is 9.18 Å². The summed E-state index contributed by atoms with van der Waals surface area (Å²) in [6.07, 6.45) is 0. The molecule has 0 saturated heterocycles. The highest BCUT2D eigenvalue weighted by molar-refractivity contribution is 9.10. The lowest BCUT2D eigenvalue weighted by atomic mass is 10.1. The predicted molar refractivity (Wildman–Crippen MR) is 78.1 cm³/mol. The number of carbonyl (C=O) groups is 1. The highest BCUT2D eigenvalue weighted by atomic mass is 79.9. The smallest absolute Gasteiger partial charge is 0.200 e. The van der Waals surface area contributed by atoms with Gasteiger partial charge in [-0.2, -0.15) is 0 Å². The molecular formula is C14H9Br2FO2. The molecule has 2 rings (SSSR count). The van der Waals surface area contributed by atoms with Gasteiger partial charge in [0.1, 0.15) is 11.6 Å². The molecule has 98 valence electrons. The average Bonchev–Trinajstić information content (AvgIpc) is 2.40. The fraction of sp³-hybridized carbons (Fsp3) is 0.0714. The Morgan fingerprint density at radius 2 is 1.95 bits per heavy atom. The normalized spacial score (nSPS) is 10.3. The molecule has 0 saturated carbocycles. The Hall–Kier alpha value is -1.20. The number of Topliss-reactive ketones (excluding diaryl/α,β-unsaturated/α-hetero) is 1. The number of halogens is 3. The van der Waals surface area contributed by atoms with Crippen LogP contribution in [0.15, 0.2) is 51.4 Å². The number of hydrogen-bond donors (Lipinski definition) is 0. The van der Waals surface area contributed by atoms with Crippen LogP contribution in [0.3, 0.4) is 0 Å². The van der Waals surface area contributed by atoms with Gasteiger partial charge in [0.2, 0.25) is 0 Å². The summed E-state index contributed by atoms with van der Waals surface area (Å²) in [5.74, 6) is -0.0657. The Kier molecular flexibility index (Phi) is 4.71. The summed E-state index contributed by atoms with van der Waals surface area (Å²) in [5.41, 5.74) is 0.565. The van der Waals surface area contributed by atoms with Crippen molar-refractivity contribution in [2.45, 2.75) is 0 Å². The van der Waals surface area contributed by atoms with Gasteiger partial charge in [0.25, 0.3) is 0 Å². The highest BCUT2D eigenvalue weighted by Gasteiger charge is 2.08. The first-order valence-corrected chi connectivity index (χ1v) is 7.01. The monoisotopic (exact) mass is 386 g/mol. The van der Waals surface area contributed by atoms with Crippen molar-refractivity contribution in [3.05, 3.63) is 62.8 Å². The number of hydrogen-bond acceptors (Lipinski definition) is 2. The molecule has 2 aromatic rings. The van der Waals surface area contributed by atoms with E-state index in [0.717, 1.165) is 4.47 Å². The quantitative estimate of drug-likeness (QED) is 0.716. The SMILES string of the molecule is O=C(COc1ccc(F)c(Br)c1)c1cccc(Br)c1. The van der Waals surface area contributed by atoms with Crippen molar-refractivity contribution < 1.29 is 13.9 Å². The van der Waals surface area contributed by atoms with Gasteiger partial charge in [-0.15, -0.1) is 0 Å². The van der Waals surface area contributed by atoms with E-state index in [-0.39, 0.29) is 18.2 Å². The van der Waals surface area contributed by atoms with E-state index in [1.165, 1.54) is 18.2 Å². The van der Waals surface area contributed by atoms with E-state index in [1.54, 1.807) is 18.2 Å². The fourth-order valence-corrected chi connectivity index (χ4v) is 2.22. The molecule has 0 N–H and O–H groups in total. The largest absolute Gasteiger partial charge is 0.485 e. The van der Waals surface area contributed by atoms with Gasteiger partial charge in [-0.1, -0.05) is 28.1 Å². The standard InChI is InChI=1S/C14H9Br2FO2/c15-10-3-1-2-9(6-10)14(18)8-19-11-4-5-13(17)12(16)7-11/h1-7H,8H2. The van der Waals surface area contributed by atoms with Crippen molar-refractivity contribution in [2.75, 3.05) is 6.61 Å². The predicted octanol–water partition coefficient (Wildman–Crippen LogP) is 4.61. The summed E-state index contributed by atoms with van der Waals surface area (Å²) in [6, 6.07) is 11.3. The zero-order valence-electron chi connectivity index (χ0n) is 9.70. The summed E-state index contributed by atoms with van der Waals surface area (Å²) in [4.78, 5) is 11.9. The molecule has 0 aliphatic rings. The molecule has 0 atom stereocenters. The Morgan fingerprint density at radius 3 is 2.63 bits per heavy atom. The molecule has 0 radical (unpaired) electrons. The first-order chi connectivity index (χ1) is 9.06. The number of ketones is 1. The summed E-state index contributed by atoms with van der Waals surface area (Å²) >= 11 is 6.36. The van der Waals surface area contributed by atoms with Gasteiger partial charge < -0.3 is 4.74 Å². The number of rotatable bonds is 4. The Morgan fingerprint density at radius 1 is 1.16 bits per heavy atom. The molecule has 0 spiro atoms. The minimum Gasteiger partial charge on any atom is -0.485 e. The topological polar surface area (TPSA) is 26.3 Å². The number of carbonyl (C=O) groups excluding carboxylic acids is 1. The molecule has 0 unspecified atom stereocenters. The van der Waals surface area contributed by atoms with Crippen LogP contribution < -0.4 is 4.74 Å². The molecule has 19 heavy (non-hydrogen) atoms. The second-order valence-corrected chi connectivity index (χ2v) is 5.57. The third-order valence-corrected chi connectivity index (χ3v) is 3.51. The van der Waals surface area contributed by atoms with E-state index >= 15 is 0 Å². The van der Waals surface area contributed by atoms with E-state index in [2.05, 4.69) is 31.9 Å². The van der Waals surface area contributed by atoms with Crippen molar-refractivity contribution in [1.82, 2.24) is 0 Å². The van der Waals surface area contributed by atoms with Crippen molar-refractivity contribution in [1.29, 1.82) is 0 Å².